The summed E-state index contributed by atoms with van der Waals surface area (Å²) in [5.41, 5.74) is 0.323. The van der Waals surface area contributed by atoms with Gasteiger partial charge in [-0.1, -0.05) is 31.9 Å². The van der Waals surface area contributed by atoms with E-state index in [-0.39, 0.29) is 17.8 Å². The van der Waals surface area contributed by atoms with E-state index in [4.69, 9.17) is 0 Å². The van der Waals surface area contributed by atoms with Gasteiger partial charge in [0.05, 0.1) is 5.41 Å². The van der Waals surface area contributed by atoms with Gasteiger partial charge in [-0.25, -0.2) is 4.39 Å². The first-order valence-electron chi connectivity index (χ1n) is 9.43. The zero-order valence-electron chi connectivity index (χ0n) is 14.7. The van der Waals surface area contributed by atoms with Crippen LogP contribution in [0.3, 0.4) is 0 Å². The van der Waals surface area contributed by atoms with Crippen LogP contribution in [0.25, 0.3) is 0 Å². The molecule has 0 spiro atoms. The minimum absolute atomic E-state index is 0.111. The summed E-state index contributed by atoms with van der Waals surface area (Å²) < 4.78 is 13.7. The molecule has 2 aliphatic rings. The van der Waals surface area contributed by atoms with Crippen molar-refractivity contribution >= 4 is 5.91 Å². The van der Waals surface area contributed by atoms with E-state index in [1.165, 1.54) is 12.5 Å². The van der Waals surface area contributed by atoms with E-state index < -0.39 is 5.41 Å². The van der Waals surface area contributed by atoms with Gasteiger partial charge in [0, 0.05) is 19.1 Å². The van der Waals surface area contributed by atoms with Crippen molar-refractivity contribution < 1.29 is 9.18 Å². The lowest BCUT2D eigenvalue weighted by Gasteiger charge is -2.35. The maximum absolute atomic E-state index is 13.7. The minimum atomic E-state index is -0.525. The maximum Gasteiger partial charge on any atom is 0.230 e. The summed E-state index contributed by atoms with van der Waals surface area (Å²) in [6.45, 7) is 5.47. The number of halogens is 1. The second kappa shape index (κ2) is 7.64. The number of piperidine rings is 1. The third-order valence-electron chi connectivity index (χ3n) is 5.73. The number of amides is 1. The van der Waals surface area contributed by atoms with Crippen LogP contribution in [-0.4, -0.2) is 36.5 Å². The summed E-state index contributed by atoms with van der Waals surface area (Å²) in [6.07, 6.45) is 6.96. The Morgan fingerprint density at radius 3 is 2.62 bits per heavy atom. The van der Waals surface area contributed by atoms with Gasteiger partial charge in [-0.15, -0.1) is 0 Å². The van der Waals surface area contributed by atoms with Crippen LogP contribution in [-0.2, 0) is 10.2 Å². The summed E-state index contributed by atoms with van der Waals surface area (Å²) in [6, 6.07) is 6.90. The Kier molecular flexibility index (Phi) is 5.54. The minimum Gasteiger partial charge on any atom is -0.353 e. The molecule has 24 heavy (non-hydrogen) atoms. The summed E-state index contributed by atoms with van der Waals surface area (Å²) >= 11 is 0. The van der Waals surface area contributed by atoms with Gasteiger partial charge < -0.3 is 10.2 Å². The summed E-state index contributed by atoms with van der Waals surface area (Å²) in [4.78, 5) is 15.6. The molecular formula is C20H29FN2O. The molecule has 0 bridgehead atoms. The average Bonchev–Trinajstić information content (AvgIpc) is 3.08. The van der Waals surface area contributed by atoms with Gasteiger partial charge in [-0.3, -0.25) is 4.79 Å². The van der Waals surface area contributed by atoms with Crippen LogP contribution in [0.2, 0.25) is 0 Å². The van der Waals surface area contributed by atoms with Gasteiger partial charge in [-0.05, 0) is 56.3 Å². The maximum atomic E-state index is 13.7. The number of carbonyl (C=O) groups is 1. The number of hydrogen-bond donors (Lipinski definition) is 1. The second-order valence-electron chi connectivity index (χ2n) is 7.39. The Labute approximate surface area is 144 Å². The first-order chi connectivity index (χ1) is 11.6. The molecule has 0 radical (unpaired) electrons. The van der Waals surface area contributed by atoms with Crippen molar-refractivity contribution in [2.75, 3.05) is 19.6 Å². The molecule has 0 atom stereocenters. The summed E-state index contributed by atoms with van der Waals surface area (Å²) in [5.74, 6) is -0.140. The first kappa shape index (κ1) is 17.4. The molecule has 1 saturated carbocycles. The van der Waals surface area contributed by atoms with Crippen molar-refractivity contribution in [1.82, 2.24) is 10.2 Å². The molecular weight excluding hydrogens is 303 g/mol. The van der Waals surface area contributed by atoms with Crippen LogP contribution in [0, 0.1) is 5.82 Å². The highest BCUT2D eigenvalue weighted by molar-refractivity contribution is 5.88. The SMILES string of the molecule is CCCN1CCC(NC(=O)C2(c3cccc(F)c3)CCCC2)CC1. The van der Waals surface area contributed by atoms with Gasteiger partial charge >= 0.3 is 0 Å². The van der Waals surface area contributed by atoms with Crippen LogP contribution < -0.4 is 5.32 Å². The quantitative estimate of drug-likeness (QED) is 0.893. The van der Waals surface area contributed by atoms with Gasteiger partial charge in [0.1, 0.15) is 5.82 Å². The number of rotatable bonds is 5. The molecule has 1 amide bonds. The molecule has 1 aliphatic heterocycles. The normalized spacial score (nSPS) is 21.8. The molecule has 1 saturated heterocycles. The lowest BCUT2D eigenvalue weighted by Crippen LogP contribution is -2.50. The zero-order chi connectivity index (χ0) is 17.0. The Morgan fingerprint density at radius 2 is 2.00 bits per heavy atom. The molecule has 0 unspecified atom stereocenters. The molecule has 3 rings (SSSR count). The highest BCUT2D eigenvalue weighted by Crippen LogP contribution is 2.41. The lowest BCUT2D eigenvalue weighted by atomic mass is 9.77. The van der Waals surface area contributed by atoms with Crippen molar-refractivity contribution in [2.45, 2.75) is 63.3 Å². The molecule has 0 aromatic heterocycles. The van der Waals surface area contributed by atoms with Crippen LogP contribution in [0.5, 0.6) is 0 Å². The van der Waals surface area contributed by atoms with Gasteiger partial charge in [-0.2, -0.15) is 0 Å². The number of nitrogens with one attached hydrogen (secondary N) is 1. The predicted octanol–water partition coefficient (Wildman–Crippen LogP) is 3.63. The molecule has 4 heteroatoms. The monoisotopic (exact) mass is 332 g/mol. The Bertz CT molecular complexity index is 561. The van der Waals surface area contributed by atoms with Crippen molar-refractivity contribution in [2.24, 2.45) is 0 Å². The standard InChI is InChI=1S/C20H29FN2O/c1-2-12-23-13-8-18(9-14-23)22-19(24)20(10-3-4-11-20)16-6-5-7-17(21)15-16/h5-7,15,18H,2-4,8-14H2,1H3,(H,22,24). The Morgan fingerprint density at radius 1 is 1.29 bits per heavy atom. The molecule has 1 N–H and O–H groups in total. The smallest absolute Gasteiger partial charge is 0.230 e. The van der Waals surface area contributed by atoms with Crippen molar-refractivity contribution in [3.63, 3.8) is 0 Å². The number of benzene rings is 1. The Balaban J connectivity index is 1.68. The molecule has 1 aromatic carbocycles. The molecule has 3 nitrogen and oxygen atoms in total. The fraction of sp³-hybridized carbons (Fsp3) is 0.650. The van der Waals surface area contributed by atoms with Crippen LogP contribution in [0.4, 0.5) is 4.39 Å². The number of nitrogens with zero attached hydrogens (tertiary/aromatic N) is 1. The van der Waals surface area contributed by atoms with Crippen LogP contribution >= 0.6 is 0 Å². The molecule has 1 aliphatic carbocycles. The Hall–Kier alpha value is -1.42. The number of carbonyl (C=O) groups excluding carboxylic acids is 1. The lowest BCUT2D eigenvalue weighted by molar-refractivity contribution is -0.127. The summed E-state index contributed by atoms with van der Waals surface area (Å²) in [7, 11) is 0. The third-order valence-corrected chi connectivity index (χ3v) is 5.73. The zero-order valence-corrected chi connectivity index (χ0v) is 14.7. The highest BCUT2D eigenvalue weighted by Gasteiger charge is 2.43. The second-order valence-corrected chi connectivity index (χ2v) is 7.39. The van der Waals surface area contributed by atoms with E-state index in [1.807, 2.05) is 6.07 Å². The average molecular weight is 332 g/mol. The van der Waals surface area contributed by atoms with E-state index in [1.54, 1.807) is 12.1 Å². The largest absolute Gasteiger partial charge is 0.353 e. The van der Waals surface area contributed by atoms with Crippen molar-refractivity contribution in [3.8, 4) is 0 Å². The fourth-order valence-electron chi connectivity index (χ4n) is 4.35. The molecule has 2 fully saturated rings. The van der Waals surface area contributed by atoms with Gasteiger partial charge in [0.25, 0.3) is 0 Å². The number of hydrogen-bond acceptors (Lipinski definition) is 2. The molecule has 132 valence electrons. The first-order valence-corrected chi connectivity index (χ1v) is 9.43. The predicted molar refractivity (Wildman–Crippen MR) is 94.4 cm³/mol. The number of likely N-dealkylation sites (tertiary alicyclic amines) is 1. The van der Waals surface area contributed by atoms with Gasteiger partial charge in [0.2, 0.25) is 5.91 Å². The van der Waals surface area contributed by atoms with E-state index in [0.717, 1.165) is 63.7 Å². The highest BCUT2D eigenvalue weighted by atomic mass is 19.1. The topological polar surface area (TPSA) is 32.3 Å². The van der Waals surface area contributed by atoms with Crippen LogP contribution in [0.1, 0.15) is 57.4 Å². The van der Waals surface area contributed by atoms with Crippen molar-refractivity contribution in [3.05, 3.63) is 35.6 Å². The van der Waals surface area contributed by atoms with E-state index in [0.29, 0.717) is 0 Å². The molecule has 1 heterocycles. The van der Waals surface area contributed by atoms with Crippen LogP contribution in [0.15, 0.2) is 24.3 Å². The van der Waals surface area contributed by atoms with Gasteiger partial charge in [0.15, 0.2) is 0 Å². The van der Waals surface area contributed by atoms with E-state index in [2.05, 4.69) is 17.1 Å². The molecule has 1 aromatic rings. The fourth-order valence-corrected chi connectivity index (χ4v) is 4.35. The van der Waals surface area contributed by atoms with E-state index >= 15 is 0 Å². The third kappa shape index (κ3) is 3.64. The van der Waals surface area contributed by atoms with Crippen molar-refractivity contribution in [1.29, 1.82) is 0 Å². The van der Waals surface area contributed by atoms with E-state index in [9.17, 15) is 9.18 Å². The summed E-state index contributed by atoms with van der Waals surface area (Å²) in [5, 5.41) is 3.29.